The molecule has 4 fully saturated rings. The summed E-state index contributed by atoms with van der Waals surface area (Å²) in [6.07, 6.45) is 7.22. The summed E-state index contributed by atoms with van der Waals surface area (Å²) in [6, 6.07) is 5.03. The molecule has 0 radical (unpaired) electrons. The maximum Gasteiger partial charge on any atom is 0.206 e. The SMILES string of the molecule is COc1ccc2c3c1O[C@@H]1C4(CCC5C(C2)N(CC2CC2)CC[C@]351)OCCO4. The molecular weight excluding hydrogens is 354 g/mol. The monoisotopic (exact) mass is 383 g/mol. The van der Waals surface area contributed by atoms with Crippen LogP contribution in [0.5, 0.6) is 11.5 Å². The lowest BCUT2D eigenvalue weighted by molar-refractivity contribution is -0.261. The Hall–Kier alpha value is -1.30. The van der Waals surface area contributed by atoms with Crippen LogP contribution < -0.4 is 9.47 Å². The topological polar surface area (TPSA) is 40.2 Å². The van der Waals surface area contributed by atoms with Crippen LogP contribution in [0, 0.1) is 11.8 Å². The van der Waals surface area contributed by atoms with Gasteiger partial charge in [-0.2, -0.15) is 0 Å². The Morgan fingerprint density at radius 3 is 2.79 bits per heavy atom. The van der Waals surface area contributed by atoms with E-state index < -0.39 is 5.79 Å². The number of piperidine rings is 1. The van der Waals surface area contributed by atoms with E-state index in [4.69, 9.17) is 18.9 Å². The van der Waals surface area contributed by atoms with Gasteiger partial charge in [-0.1, -0.05) is 6.07 Å². The van der Waals surface area contributed by atoms with Crippen molar-refractivity contribution in [2.45, 2.75) is 61.9 Å². The first-order valence-corrected chi connectivity index (χ1v) is 11.1. The van der Waals surface area contributed by atoms with E-state index in [2.05, 4.69) is 17.0 Å². The van der Waals surface area contributed by atoms with Gasteiger partial charge >= 0.3 is 0 Å². The van der Waals surface area contributed by atoms with Gasteiger partial charge in [0.15, 0.2) is 17.6 Å². The molecule has 2 saturated heterocycles. The number of benzene rings is 1. The Morgan fingerprint density at radius 2 is 2.00 bits per heavy atom. The molecule has 0 amide bonds. The Balaban J connectivity index is 1.41. The molecule has 4 atom stereocenters. The molecule has 2 saturated carbocycles. The Bertz CT molecular complexity index is 830. The normalized spacial score (nSPS) is 39.7. The van der Waals surface area contributed by atoms with Crippen LogP contribution in [0.3, 0.4) is 0 Å². The van der Waals surface area contributed by atoms with E-state index in [0.717, 1.165) is 36.7 Å². The summed E-state index contributed by atoms with van der Waals surface area (Å²) in [6.45, 7) is 3.82. The highest BCUT2D eigenvalue weighted by Gasteiger charge is 2.71. The molecule has 2 bridgehead atoms. The minimum atomic E-state index is -0.571. The third kappa shape index (κ3) is 1.89. The van der Waals surface area contributed by atoms with Gasteiger partial charge in [0.25, 0.3) is 0 Å². The summed E-state index contributed by atoms with van der Waals surface area (Å²) >= 11 is 0. The zero-order chi connectivity index (χ0) is 18.5. The molecule has 150 valence electrons. The van der Waals surface area contributed by atoms with Crippen LogP contribution >= 0.6 is 0 Å². The maximum atomic E-state index is 6.77. The van der Waals surface area contributed by atoms with Gasteiger partial charge in [-0.3, -0.25) is 4.90 Å². The van der Waals surface area contributed by atoms with Crippen molar-refractivity contribution in [1.29, 1.82) is 0 Å². The van der Waals surface area contributed by atoms with Gasteiger partial charge in [-0.15, -0.1) is 0 Å². The van der Waals surface area contributed by atoms with Crippen molar-refractivity contribution in [1.82, 2.24) is 4.90 Å². The lowest BCUT2D eigenvalue weighted by Gasteiger charge is -2.61. The molecule has 1 aromatic rings. The highest BCUT2D eigenvalue weighted by molar-refractivity contribution is 5.61. The van der Waals surface area contributed by atoms with E-state index in [1.807, 2.05) is 0 Å². The number of methoxy groups -OCH3 is 1. The fraction of sp³-hybridized carbons (Fsp3) is 0.739. The summed E-state index contributed by atoms with van der Waals surface area (Å²) < 4.78 is 25.1. The predicted octanol–water partition coefficient (Wildman–Crippen LogP) is 2.89. The zero-order valence-electron chi connectivity index (χ0n) is 16.6. The van der Waals surface area contributed by atoms with Crippen molar-refractivity contribution in [3.05, 3.63) is 23.3 Å². The third-order valence-corrected chi connectivity index (χ3v) is 8.60. The quantitative estimate of drug-likeness (QED) is 0.803. The summed E-state index contributed by atoms with van der Waals surface area (Å²) in [5, 5.41) is 0. The van der Waals surface area contributed by atoms with E-state index in [0.29, 0.717) is 25.2 Å². The van der Waals surface area contributed by atoms with E-state index >= 15 is 0 Å². The second kappa shape index (κ2) is 5.44. The lowest BCUT2D eigenvalue weighted by Crippen LogP contribution is -2.70. The van der Waals surface area contributed by atoms with Crippen molar-refractivity contribution in [2.75, 3.05) is 33.4 Å². The number of hydrogen-bond acceptors (Lipinski definition) is 5. The minimum absolute atomic E-state index is 0.0186. The molecule has 0 aromatic heterocycles. The largest absolute Gasteiger partial charge is 0.493 e. The van der Waals surface area contributed by atoms with E-state index in [1.54, 1.807) is 7.11 Å². The molecule has 0 N–H and O–H groups in total. The van der Waals surface area contributed by atoms with Crippen LogP contribution in [0.2, 0.25) is 0 Å². The van der Waals surface area contributed by atoms with Gasteiger partial charge < -0.3 is 18.9 Å². The van der Waals surface area contributed by atoms with E-state index in [9.17, 15) is 0 Å². The highest BCUT2D eigenvalue weighted by Crippen LogP contribution is 2.66. The second-order valence-electron chi connectivity index (χ2n) is 9.78. The van der Waals surface area contributed by atoms with Crippen LogP contribution in [0.15, 0.2) is 12.1 Å². The van der Waals surface area contributed by atoms with Crippen molar-refractivity contribution >= 4 is 0 Å². The Morgan fingerprint density at radius 1 is 1.14 bits per heavy atom. The van der Waals surface area contributed by atoms with Crippen LogP contribution in [-0.2, 0) is 21.3 Å². The molecule has 3 aliphatic heterocycles. The number of hydrogen-bond donors (Lipinski definition) is 0. The first-order chi connectivity index (χ1) is 13.7. The molecular formula is C23H29NO4. The molecule has 7 rings (SSSR count). The summed E-state index contributed by atoms with van der Waals surface area (Å²) in [5.74, 6) is 2.84. The third-order valence-electron chi connectivity index (χ3n) is 8.60. The molecule has 28 heavy (non-hydrogen) atoms. The predicted molar refractivity (Wildman–Crippen MR) is 103 cm³/mol. The lowest BCUT2D eigenvalue weighted by atomic mass is 9.50. The minimum Gasteiger partial charge on any atom is -0.493 e. The van der Waals surface area contributed by atoms with Gasteiger partial charge in [0.05, 0.1) is 20.3 Å². The second-order valence-corrected chi connectivity index (χ2v) is 9.78. The Labute approximate surface area is 166 Å². The summed E-state index contributed by atoms with van der Waals surface area (Å²) in [7, 11) is 1.75. The summed E-state index contributed by atoms with van der Waals surface area (Å²) in [4.78, 5) is 2.82. The molecule has 2 unspecified atom stereocenters. The smallest absolute Gasteiger partial charge is 0.206 e. The summed E-state index contributed by atoms with van der Waals surface area (Å²) in [5.41, 5.74) is 2.92. The van der Waals surface area contributed by atoms with Gasteiger partial charge in [-0.05, 0) is 62.1 Å². The van der Waals surface area contributed by atoms with Crippen LogP contribution in [-0.4, -0.2) is 56.2 Å². The molecule has 5 heteroatoms. The molecule has 2 spiro atoms. The molecule has 1 aromatic carbocycles. The average Bonchev–Trinajstić information content (AvgIpc) is 3.28. The van der Waals surface area contributed by atoms with Crippen LogP contribution in [0.4, 0.5) is 0 Å². The number of fused-ring (bicyclic) bond motifs is 1. The van der Waals surface area contributed by atoms with Crippen molar-refractivity contribution < 1.29 is 18.9 Å². The maximum absolute atomic E-state index is 6.77. The number of likely N-dealkylation sites (tertiary alicyclic amines) is 1. The van der Waals surface area contributed by atoms with Gasteiger partial charge in [0.1, 0.15) is 0 Å². The van der Waals surface area contributed by atoms with Crippen molar-refractivity contribution in [2.24, 2.45) is 11.8 Å². The van der Waals surface area contributed by atoms with E-state index in [-0.39, 0.29) is 11.5 Å². The first kappa shape index (κ1) is 16.5. The Kier molecular flexibility index (Phi) is 3.20. The van der Waals surface area contributed by atoms with Crippen LogP contribution in [0.25, 0.3) is 0 Å². The van der Waals surface area contributed by atoms with Gasteiger partial charge in [-0.25, -0.2) is 0 Å². The molecule has 5 nitrogen and oxygen atoms in total. The molecule has 3 heterocycles. The van der Waals surface area contributed by atoms with Crippen molar-refractivity contribution in [3.63, 3.8) is 0 Å². The number of ether oxygens (including phenoxy) is 4. The first-order valence-electron chi connectivity index (χ1n) is 11.1. The molecule has 3 aliphatic carbocycles. The van der Waals surface area contributed by atoms with Crippen LogP contribution in [0.1, 0.15) is 43.2 Å². The van der Waals surface area contributed by atoms with Gasteiger partial charge in [0, 0.05) is 30.0 Å². The number of nitrogens with zero attached hydrogens (tertiary/aromatic N) is 1. The fourth-order valence-electron chi connectivity index (χ4n) is 7.37. The highest BCUT2D eigenvalue weighted by atomic mass is 16.8. The number of rotatable bonds is 3. The molecule has 6 aliphatic rings. The van der Waals surface area contributed by atoms with Gasteiger partial charge in [0.2, 0.25) is 5.79 Å². The van der Waals surface area contributed by atoms with Crippen molar-refractivity contribution in [3.8, 4) is 11.5 Å². The standard InChI is InChI=1S/C23H29NO4/c1-25-18-5-4-15-12-17-16-6-7-23(26-10-11-27-23)21-22(16,19(15)20(18)28-21)8-9-24(17)13-14-2-3-14/h4-5,14,16-17,21H,2-3,6-13H2,1H3/t16?,17?,21-,22+/m0/s1. The fourth-order valence-corrected chi connectivity index (χ4v) is 7.37. The zero-order valence-corrected chi connectivity index (χ0v) is 16.6. The average molecular weight is 383 g/mol. The van der Waals surface area contributed by atoms with E-state index in [1.165, 1.54) is 43.5 Å².